The predicted molar refractivity (Wildman–Crippen MR) is 82.4 cm³/mol. The summed E-state index contributed by atoms with van der Waals surface area (Å²) in [5, 5.41) is 3.58. The molecule has 1 heterocycles. The van der Waals surface area contributed by atoms with Crippen molar-refractivity contribution in [1.29, 1.82) is 0 Å². The lowest BCUT2D eigenvalue weighted by Gasteiger charge is -2.22. The molecule has 1 unspecified atom stereocenters. The Kier molecular flexibility index (Phi) is 4.85. The predicted octanol–water partition coefficient (Wildman–Crippen LogP) is 3.58. The van der Waals surface area contributed by atoms with Gasteiger partial charge in [0.15, 0.2) is 0 Å². The number of aryl methyl sites for hydroxylation is 2. The van der Waals surface area contributed by atoms with Gasteiger partial charge in [-0.2, -0.15) is 0 Å². The Morgan fingerprint density at radius 2 is 1.60 bits per heavy atom. The quantitative estimate of drug-likeness (QED) is 0.901. The van der Waals surface area contributed by atoms with Crippen LogP contribution in [0.25, 0.3) is 0 Å². The Labute approximate surface area is 121 Å². The summed E-state index contributed by atoms with van der Waals surface area (Å²) in [5.41, 5.74) is 3.34. The first-order chi connectivity index (χ1) is 9.56. The van der Waals surface area contributed by atoms with Crippen molar-refractivity contribution in [3.63, 3.8) is 0 Å². The molecule has 1 atom stereocenters. The zero-order chi connectivity index (χ0) is 14.5. The number of rotatable bonds is 5. The first-order valence-corrected chi connectivity index (χ1v) is 7.15. The summed E-state index contributed by atoms with van der Waals surface area (Å²) in [6.45, 7) is 9.27. The van der Waals surface area contributed by atoms with Crippen molar-refractivity contribution >= 4 is 0 Å². The fraction of sp³-hybridized carbons (Fsp3) is 0.412. The summed E-state index contributed by atoms with van der Waals surface area (Å²) in [7, 11) is 0. The third kappa shape index (κ3) is 3.87. The molecule has 0 amide bonds. The second kappa shape index (κ2) is 6.62. The highest BCUT2D eigenvalue weighted by Gasteiger charge is 2.18. The second-order valence-corrected chi connectivity index (χ2v) is 5.60. The molecule has 1 aromatic carbocycles. The number of hydrogen-bond acceptors (Lipinski definition) is 3. The summed E-state index contributed by atoms with van der Waals surface area (Å²) >= 11 is 0. The molecule has 1 aromatic heterocycles. The largest absolute Gasteiger partial charge is 0.303 e. The van der Waals surface area contributed by atoms with Crippen LogP contribution in [0.15, 0.2) is 36.4 Å². The van der Waals surface area contributed by atoms with Crippen LogP contribution in [0.4, 0.5) is 0 Å². The molecule has 3 heteroatoms. The third-order valence-corrected chi connectivity index (χ3v) is 3.31. The van der Waals surface area contributed by atoms with Gasteiger partial charge in [-0.25, -0.2) is 9.97 Å². The summed E-state index contributed by atoms with van der Waals surface area (Å²) in [6, 6.07) is 12.6. The van der Waals surface area contributed by atoms with Gasteiger partial charge in [-0.1, -0.05) is 44.2 Å². The lowest BCUT2D eigenvalue weighted by atomic mass is 10.0. The Balaban J connectivity index is 2.15. The van der Waals surface area contributed by atoms with Crippen molar-refractivity contribution in [3.05, 3.63) is 59.2 Å². The number of benzene rings is 1. The monoisotopic (exact) mass is 269 g/mol. The van der Waals surface area contributed by atoms with Crippen molar-refractivity contribution in [2.45, 2.75) is 40.3 Å². The Hall–Kier alpha value is -1.74. The normalized spacial score (nSPS) is 12.7. The lowest BCUT2D eigenvalue weighted by Crippen LogP contribution is -2.27. The van der Waals surface area contributed by atoms with Gasteiger partial charge >= 0.3 is 0 Å². The highest BCUT2D eigenvalue weighted by molar-refractivity contribution is 5.15. The van der Waals surface area contributed by atoms with E-state index < -0.39 is 0 Å². The molecule has 0 radical (unpaired) electrons. The van der Waals surface area contributed by atoms with Gasteiger partial charge in [0.2, 0.25) is 0 Å². The van der Waals surface area contributed by atoms with Crippen LogP contribution in [-0.2, 0) is 6.54 Å². The van der Waals surface area contributed by atoms with Gasteiger partial charge < -0.3 is 5.32 Å². The Morgan fingerprint density at radius 1 is 1.00 bits per heavy atom. The van der Waals surface area contributed by atoms with Crippen LogP contribution in [0, 0.1) is 19.8 Å². The maximum Gasteiger partial charge on any atom is 0.145 e. The zero-order valence-electron chi connectivity index (χ0n) is 12.7. The maximum absolute atomic E-state index is 4.59. The van der Waals surface area contributed by atoms with Crippen molar-refractivity contribution < 1.29 is 0 Å². The van der Waals surface area contributed by atoms with Gasteiger partial charge in [0.05, 0.1) is 6.04 Å². The minimum Gasteiger partial charge on any atom is -0.303 e. The SMILES string of the molecule is Cc1cc(C)nc(C(NCc2ccccc2)C(C)C)n1. The molecule has 0 aliphatic carbocycles. The summed E-state index contributed by atoms with van der Waals surface area (Å²) in [4.78, 5) is 9.19. The summed E-state index contributed by atoms with van der Waals surface area (Å²) in [6.07, 6.45) is 0. The minimum absolute atomic E-state index is 0.175. The van der Waals surface area contributed by atoms with Crippen LogP contribution in [0.1, 0.15) is 42.7 Å². The van der Waals surface area contributed by atoms with E-state index in [0.29, 0.717) is 5.92 Å². The van der Waals surface area contributed by atoms with Gasteiger partial charge in [-0.05, 0) is 31.4 Å². The topological polar surface area (TPSA) is 37.8 Å². The molecule has 0 saturated heterocycles. The van der Waals surface area contributed by atoms with Crippen LogP contribution in [0.2, 0.25) is 0 Å². The number of aromatic nitrogens is 2. The molecule has 0 spiro atoms. The highest BCUT2D eigenvalue weighted by Crippen LogP contribution is 2.19. The molecule has 1 N–H and O–H groups in total. The van der Waals surface area contributed by atoms with E-state index in [-0.39, 0.29) is 6.04 Å². The van der Waals surface area contributed by atoms with Gasteiger partial charge in [0.1, 0.15) is 5.82 Å². The second-order valence-electron chi connectivity index (χ2n) is 5.60. The van der Waals surface area contributed by atoms with E-state index in [2.05, 4.69) is 53.4 Å². The number of nitrogens with zero attached hydrogens (tertiary/aromatic N) is 2. The van der Waals surface area contributed by atoms with Gasteiger partial charge in [0.25, 0.3) is 0 Å². The van der Waals surface area contributed by atoms with E-state index in [4.69, 9.17) is 0 Å². The highest BCUT2D eigenvalue weighted by atomic mass is 15.0. The van der Waals surface area contributed by atoms with E-state index >= 15 is 0 Å². The summed E-state index contributed by atoms with van der Waals surface area (Å²) in [5.74, 6) is 1.34. The Bertz CT molecular complexity index is 529. The van der Waals surface area contributed by atoms with Gasteiger partial charge in [-0.3, -0.25) is 0 Å². The van der Waals surface area contributed by atoms with E-state index in [1.165, 1.54) is 5.56 Å². The van der Waals surface area contributed by atoms with Crippen molar-refractivity contribution in [2.24, 2.45) is 5.92 Å². The van der Waals surface area contributed by atoms with Gasteiger partial charge in [0, 0.05) is 17.9 Å². The standard InChI is InChI=1S/C17H23N3/c1-12(2)16(17-19-13(3)10-14(4)20-17)18-11-15-8-6-5-7-9-15/h5-10,12,16,18H,11H2,1-4H3. The molecule has 20 heavy (non-hydrogen) atoms. The minimum atomic E-state index is 0.175. The molecular formula is C17H23N3. The van der Waals surface area contributed by atoms with Crippen LogP contribution >= 0.6 is 0 Å². The molecule has 0 saturated carbocycles. The first kappa shape index (κ1) is 14.7. The van der Waals surface area contributed by atoms with E-state index in [1.54, 1.807) is 0 Å². The third-order valence-electron chi connectivity index (χ3n) is 3.31. The van der Waals surface area contributed by atoms with Crippen molar-refractivity contribution in [3.8, 4) is 0 Å². The fourth-order valence-corrected chi connectivity index (χ4v) is 2.34. The zero-order valence-corrected chi connectivity index (χ0v) is 12.7. The van der Waals surface area contributed by atoms with Crippen LogP contribution in [0.5, 0.6) is 0 Å². The average molecular weight is 269 g/mol. The Morgan fingerprint density at radius 3 is 2.15 bits per heavy atom. The molecule has 2 rings (SSSR count). The number of nitrogens with one attached hydrogen (secondary N) is 1. The first-order valence-electron chi connectivity index (χ1n) is 7.15. The molecule has 2 aromatic rings. The van der Waals surface area contributed by atoms with Crippen LogP contribution in [0.3, 0.4) is 0 Å². The molecule has 0 aliphatic rings. The van der Waals surface area contributed by atoms with Crippen molar-refractivity contribution in [2.75, 3.05) is 0 Å². The maximum atomic E-state index is 4.59. The van der Waals surface area contributed by atoms with E-state index in [1.807, 2.05) is 26.0 Å². The summed E-state index contributed by atoms with van der Waals surface area (Å²) < 4.78 is 0. The molecule has 0 fully saturated rings. The van der Waals surface area contributed by atoms with Gasteiger partial charge in [-0.15, -0.1) is 0 Å². The number of hydrogen-bond donors (Lipinski definition) is 1. The average Bonchev–Trinajstić information content (AvgIpc) is 2.38. The molecule has 0 aliphatic heterocycles. The van der Waals surface area contributed by atoms with Crippen LogP contribution < -0.4 is 5.32 Å². The molecule has 106 valence electrons. The smallest absolute Gasteiger partial charge is 0.145 e. The molecule has 0 bridgehead atoms. The fourth-order valence-electron chi connectivity index (χ4n) is 2.34. The molecule has 3 nitrogen and oxygen atoms in total. The van der Waals surface area contributed by atoms with E-state index in [9.17, 15) is 0 Å². The molecular weight excluding hydrogens is 246 g/mol. The van der Waals surface area contributed by atoms with Crippen LogP contribution in [-0.4, -0.2) is 9.97 Å². The van der Waals surface area contributed by atoms with Crippen molar-refractivity contribution in [1.82, 2.24) is 15.3 Å². The lowest BCUT2D eigenvalue weighted by molar-refractivity contribution is 0.391. The van der Waals surface area contributed by atoms with E-state index in [0.717, 1.165) is 23.8 Å².